The lowest BCUT2D eigenvalue weighted by Gasteiger charge is -2.47. The molecule has 5 atom stereocenters. The molecule has 1 saturated heterocycles. The molecule has 8 rings (SSSR count). The second-order valence-electron chi connectivity index (χ2n) is 17.0. The number of likely N-dealkylation sites (tertiary alicyclic amines) is 1. The summed E-state index contributed by atoms with van der Waals surface area (Å²) in [5.74, 6) is 3.16. The molecule has 0 radical (unpaired) electrons. The molecular formula is C44H56ClN3O6. The van der Waals surface area contributed by atoms with Gasteiger partial charge in [-0.1, -0.05) is 31.5 Å². The first kappa shape index (κ1) is 37.4. The van der Waals surface area contributed by atoms with Gasteiger partial charge in [-0.2, -0.15) is 0 Å². The van der Waals surface area contributed by atoms with Crippen molar-refractivity contribution in [3.05, 3.63) is 76.1 Å². The minimum atomic E-state index is -1.08. The third-order valence-corrected chi connectivity index (χ3v) is 13.6. The Hall–Kier alpha value is -3.53. The highest BCUT2D eigenvalue weighted by Gasteiger charge is 2.54. The largest absolute Gasteiger partial charge is 0.493 e. The zero-order valence-electron chi connectivity index (χ0n) is 32.1. The van der Waals surface area contributed by atoms with Gasteiger partial charge in [0.05, 0.1) is 25.9 Å². The van der Waals surface area contributed by atoms with Crippen molar-refractivity contribution in [3.63, 3.8) is 0 Å². The van der Waals surface area contributed by atoms with E-state index in [4.69, 9.17) is 30.5 Å². The highest BCUT2D eigenvalue weighted by molar-refractivity contribution is 6.30. The quantitative estimate of drug-likeness (QED) is 0.200. The second kappa shape index (κ2) is 15.5. The first-order valence-corrected chi connectivity index (χ1v) is 20.6. The normalized spacial score (nSPS) is 29.6. The Balaban J connectivity index is 1.03. The average molecular weight is 758 g/mol. The summed E-state index contributed by atoms with van der Waals surface area (Å²) >= 11 is 6.32. The molecule has 1 aromatic heterocycles. The van der Waals surface area contributed by atoms with E-state index in [1.807, 2.05) is 36.5 Å². The van der Waals surface area contributed by atoms with Gasteiger partial charge in [0.25, 0.3) is 0 Å². The predicted molar refractivity (Wildman–Crippen MR) is 210 cm³/mol. The average Bonchev–Trinajstić information content (AvgIpc) is 3.67. The number of hydrogen-bond donors (Lipinski definition) is 2. The van der Waals surface area contributed by atoms with E-state index in [9.17, 15) is 9.90 Å². The molecule has 10 heteroatoms. The summed E-state index contributed by atoms with van der Waals surface area (Å²) < 4.78 is 25.3. The number of ether oxygens (including phenoxy) is 4. The lowest BCUT2D eigenvalue weighted by molar-refractivity contribution is -0.144. The number of fused-ring (bicyclic) bond motifs is 4. The van der Waals surface area contributed by atoms with Gasteiger partial charge in [0, 0.05) is 60.8 Å². The van der Waals surface area contributed by atoms with Crippen LogP contribution in [0.3, 0.4) is 0 Å². The SMILES string of the molecule is CO[C@H]1CCN(CC2COc3cc4c(cc3OC2)C2(CCC(Nc3cccc(Cl)c3)(C(=O)O)CC2)[C@@H](C[C@@H](C)COc2ccnc3c2[C@H](C)CCC3)C4)C1. The number of methoxy groups -OCH3 is 1. The van der Waals surface area contributed by atoms with Crippen LogP contribution in [0.5, 0.6) is 17.2 Å². The molecule has 9 nitrogen and oxygen atoms in total. The Morgan fingerprint density at radius 1 is 1.11 bits per heavy atom. The number of rotatable bonds is 11. The van der Waals surface area contributed by atoms with Crippen LogP contribution in [0, 0.1) is 17.8 Å². The zero-order valence-corrected chi connectivity index (χ0v) is 32.8. The van der Waals surface area contributed by atoms with Gasteiger partial charge >= 0.3 is 5.97 Å². The lowest BCUT2D eigenvalue weighted by Crippen LogP contribution is -2.53. The van der Waals surface area contributed by atoms with Crippen molar-refractivity contribution in [2.24, 2.45) is 17.8 Å². The number of anilines is 1. The highest BCUT2D eigenvalue weighted by Crippen LogP contribution is 2.58. The molecule has 3 aromatic rings. The molecule has 2 fully saturated rings. The van der Waals surface area contributed by atoms with E-state index >= 15 is 0 Å². The molecule has 0 bridgehead atoms. The summed E-state index contributed by atoms with van der Waals surface area (Å²) in [5, 5.41) is 14.7. The number of hydrogen-bond acceptors (Lipinski definition) is 8. The van der Waals surface area contributed by atoms with Gasteiger partial charge in [0.1, 0.15) is 11.3 Å². The van der Waals surface area contributed by atoms with E-state index in [2.05, 4.69) is 41.2 Å². The third-order valence-electron chi connectivity index (χ3n) is 13.4. The van der Waals surface area contributed by atoms with E-state index in [1.54, 1.807) is 7.11 Å². The maximum Gasteiger partial charge on any atom is 0.329 e. The Bertz CT molecular complexity index is 1830. The lowest BCUT2D eigenvalue weighted by atomic mass is 9.59. The van der Waals surface area contributed by atoms with Crippen molar-refractivity contribution in [2.75, 3.05) is 51.9 Å². The summed E-state index contributed by atoms with van der Waals surface area (Å²) in [7, 11) is 1.80. The second-order valence-corrected chi connectivity index (χ2v) is 17.5. The minimum Gasteiger partial charge on any atom is -0.493 e. The molecule has 3 aliphatic carbocycles. The number of carboxylic acids is 1. The zero-order chi connectivity index (χ0) is 37.5. The number of aryl methyl sites for hydroxylation is 1. The van der Waals surface area contributed by atoms with Gasteiger partial charge in [-0.25, -0.2) is 4.79 Å². The summed E-state index contributed by atoms with van der Waals surface area (Å²) in [5.41, 5.74) is 4.56. The van der Waals surface area contributed by atoms with Crippen LogP contribution < -0.4 is 19.5 Å². The van der Waals surface area contributed by atoms with E-state index in [-0.39, 0.29) is 11.3 Å². The molecule has 3 heterocycles. The van der Waals surface area contributed by atoms with Crippen molar-refractivity contribution in [1.82, 2.24) is 9.88 Å². The molecule has 0 amide bonds. The smallest absolute Gasteiger partial charge is 0.329 e. The molecule has 290 valence electrons. The molecular weight excluding hydrogens is 702 g/mol. The van der Waals surface area contributed by atoms with Gasteiger partial charge in [0.15, 0.2) is 11.5 Å². The van der Waals surface area contributed by atoms with Crippen LogP contribution in [0.2, 0.25) is 5.02 Å². The number of nitrogens with zero attached hydrogens (tertiary/aromatic N) is 2. The van der Waals surface area contributed by atoms with Gasteiger partial charge < -0.3 is 34.3 Å². The molecule has 2 aliphatic heterocycles. The molecule has 2 N–H and O–H groups in total. The van der Waals surface area contributed by atoms with Gasteiger partial charge in [-0.3, -0.25) is 4.98 Å². The Kier molecular flexibility index (Phi) is 10.8. The molecule has 5 aliphatic rings. The number of benzene rings is 2. The third kappa shape index (κ3) is 7.40. The van der Waals surface area contributed by atoms with Crippen LogP contribution in [-0.4, -0.2) is 79.2 Å². The minimum absolute atomic E-state index is 0.183. The van der Waals surface area contributed by atoms with E-state index in [1.165, 1.54) is 35.2 Å². The fourth-order valence-electron chi connectivity index (χ4n) is 10.4. The van der Waals surface area contributed by atoms with Crippen molar-refractivity contribution in [2.45, 2.75) is 101 Å². The molecule has 2 aromatic carbocycles. The van der Waals surface area contributed by atoms with Gasteiger partial charge in [0.2, 0.25) is 0 Å². The monoisotopic (exact) mass is 757 g/mol. The topological polar surface area (TPSA) is 102 Å². The predicted octanol–water partition coefficient (Wildman–Crippen LogP) is 8.31. The van der Waals surface area contributed by atoms with Crippen LogP contribution >= 0.6 is 11.6 Å². The number of aromatic nitrogens is 1. The number of aliphatic carboxylic acids is 1. The molecule has 1 spiro atoms. The Morgan fingerprint density at radius 3 is 2.65 bits per heavy atom. The van der Waals surface area contributed by atoms with E-state index in [0.29, 0.717) is 61.5 Å². The number of pyridine rings is 1. The fourth-order valence-corrected chi connectivity index (χ4v) is 10.6. The van der Waals surface area contributed by atoms with Crippen molar-refractivity contribution in [3.8, 4) is 17.2 Å². The first-order valence-electron chi connectivity index (χ1n) is 20.2. The Labute approximate surface area is 325 Å². The summed E-state index contributed by atoms with van der Waals surface area (Å²) in [6, 6.07) is 13.9. The van der Waals surface area contributed by atoms with Gasteiger partial charge in [-0.05, 0) is 135 Å². The van der Waals surface area contributed by atoms with E-state index in [0.717, 1.165) is 81.1 Å². The standard InChI is InChI=1S/C44H56ClN3O6/c1-28(25-52-38-10-16-46-37-9-4-6-29(2)41(37)38)18-32-19-31-20-39-40(54-27-30(26-53-39)23-48-17-11-35(24-48)51-3)22-36(31)43(32)12-14-44(15-13-43,42(49)50)47-34-8-5-7-33(45)21-34/h5,7-8,10,16,20-22,28-30,32,35,47H,4,6,9,11-15,17-19,23-27H2,1-3H3,(H,49,50)/t28-,29-,30?,32+,35+,43?,44?/m1/s1. The van der Waals surface area contributed by atoms with Crippen molar-refractivity contribution in [1.29, 1.82) is 0 Å². The van der Waals surface area contributed by atoms with Crippen LogP contribution in [-0.2, 0) is 27.8 Å². The van der Waals surface area contributed by atoms with Crippen LogP contribution in [0.25, 0.3) is 0 Å². The maximum absolute atomic E-state index is 13.1. The van der Waals surface area contributed by atoms with Crippen LogP contribution in [0.4, 0.5) is 5.69 Å². The van der Waals surface area contributed by atoms with Gasteiger partial charge in [-0.15, -0.1) is 0 Å². The Morgan fingerprint density at radius 2 is 1.91 bits per heavy atom. The number of halogens is 1. The van der Waals surface area contributed by atoms with Crippen molar-refractivity contribution < 1.29 is 28.8 Å². The molecule has 54 heavy (non-hydrogen) atoms. The maximum atomic E-state index is 13.1. The van der Waals surface area contributed by atoms with Crippen molar-refractivity contribution >= 4 is 23.3 Å². The fraction of sp³-hybridized carbons (Fsp3) is 0.591. The molecule has 1 saturated carbocycles. The number of carboxylic acid groups (broad SMARTS) is 1. The summed E-state index contributed by atoms with van der Waals surface area (Å²) in [6.07, 6.45) is 11.1. The summed E-state index contributed by atoms with van der Waals surface area (Å²) in [6.45, 7) is 9.37. The van der Waals surface area contributed by atoms with Crippen LogP contribution in [0.1, 0.15) is 93.5 Å². The summed E-state index contributed by atoms with van der Waals surface area (Å²) in [4.78, 5) is 20.2. The van der Waals surface area contributed by atoms with Crippen LogP contribution in [0.15, 0.2) is 48.7 Å². The molecule has 1 unspecified atom stereocenters. The number of carbonyl (C=O) groups is 1. The highest BCUT2D eigenvalue weighted by atomic mass is 35.5. The first-order chi connectivity index (χ1) is 26.1. The van der Waals surface area contributed by atoms with E-state index < -0.39 is 11.5 Å². The number of nitrogens with one attached hydrogen (secondary N) is 1.